The summed E-state index contributed by atoms with van der Waals surface area (Å²) < 4.78 is 35.1. The molecule has 2 fully saturated rings. The maximum Gasteiger partial charge on any atom is 0.387 e. The van der Waals surface area contributed by atoms with E-state index in [1.807, 2.05) is 4.90 Å². The highest BCUT2D eigenvalue weighted by molar-refractivity contribution is 5.76. The fourth-order valence-corrected chi connectivity index (χ4v) is 4.16. The van der Waals surface area contributed by atoms with Gasteiger partial charge < -0.3 is 14.2 Å². The number of para-hydroxylation sites is 1. The lowest BCUT2D eigenvalue weighted by Gasteiger charge is -2.31. The lowest BCUT2D eigenvalue weighted by Crippen LogP contribution is -2.36. The average Bonchev–Trinajstić information content (AvgIpc) is 3.42. The summed E-state index contributed by atoms with van der Waals surface area (Å²) in [4.78, 5) is 20.9. The van der Waals surface area contributed by atoms with Crippen LogP contribution in [0.2, 0.25) is 0 Å². The van der Waals surface area contributed by atoms with E-state index in [0.29, 0.717) is 30.3 Å². The van der Waals surface area contributed by atoms with Crippen LogP contribution in [0, 0.1) is 5.92 Å². The third kappa shape index (κ3) is 5.13. The van der Waals surface area contributed by atoms with Crippen molar-refractivity contribution in [3.8, 4) is 17.1 Å². The Hall–Kier alpha value is -2.55. The van der Waals surface area contributed by atoms with E-state index in [1.165, 1.54) is 6.07 Å². The molecule has 4 rings (SSSR count). The fraction of sp³-hybridized carbons (Fsp3) is 0.571. The number of carbonyl (C=O) groups excluding carboxylic acids is 1. The SMILES string of the molecule is O=C(CC1CCN(Cc2nc(-c3ccccc3OC(F)F)no2)CC1)N1CCCC1. The highest BCUT2D eigenvalue weighted by atomic mass is 19.3. The molecule has 0 aliphatic carbocycles. The number of nitrogens with zero attached hydrogens (tertiary/aromatic N) is 4. The summed E-state index contributed by atoms with van der Waals surface area (Å²) in [5, 5.41) is 3.93. The molecule has 2 saturated heterocycles. The second kappa shape index (κ2) is 9.51. The van der Waals surface area contributed by atoms with Crippen LogP contribution in [-0.4, -0.2) is 58.6 Å². The Morgan fingerprint density at radius 2 is 1.90 bits per heavy atom. The van der Waals surface area contributed by atoms with Crippen molar-refractivity contribution >= 4 is 5.91 Å². The number of piperidine rings is 1. The van der Waals surface area contributed by atoms with Crippen molar-refractivity contribution in [2.75, 3.05) is 26.2 Å². The van der Waals surface area contributed by atoms with E-state index in [0.717, 1.165) is 51.9 Å². The van der Waals surface area contributed by atoms with Gasteiger partial charge in [-0.1, -0.05) is 17.3 Å². The third-order valence-corrected chi connectivity index (χ3v) is 5.80. The number of hydrogen-bond donors (Lipinski definition) is 0. The number of hydrogen-bond acceptors (Lipinski definition) is 6. The molecule has 162 valence electrons. The summed E-state index contributed by atoms with van der Waals surface area (Å²) in [6, 6.07) is 6.39. The van der Waals surface area contributed by atoms with Gasteiger partial charge in [-0.2, -0.15) is 13.8 Å². The second-order valence-electron chi connectivity index (χ2n) is 7.90. The number of carbonyl (C=O) groups is 1. The number of likely N-dealkylation sites (tertiary alicyclic amines) is 2. The zero-order valence-electron chi connectivity index (χ0n) is 16.8. The highest BCUT2D eigenvalue weighted by Crippen LogP contribution is 2.29. The summed E-state index contributed by atoms with van der Waals surface area (Å²) in [5.41, 5.74) is 0.368. The molecule has 0 bridgehead atoms. The van der Waals surface area contributed by atoms with Crippen LogP contribution >= 0.6 is 0 Å². The molecular formula is C21H26F2N4O3. The molecule has 3 heterocycles. The van der Waals surface area contributed by atoms with E-state index in [2.05, 4.69) is 19.8 Å². The lowest BCUT2D eigenvalue weighted by molar-refractivity contribution is -0.131. The fourth-order valence-electron chi connectivity index (χ4n) is 4.16. The topological polar surface area (TPSA) is 71.7 Å². The Morgan fingerprint density at radius 1 is 1.17 bits per heavy atom. The minimum atomic E-state index is -2.92. The van der Waals surface area contributed by atoms with Crippen LogP contribution in [-0.2, 0) is 11.3 Å². The van der Waals surface area contributed by atoms with Crippen LogP contribution in [0.5, 0.6) is 5.75 Å². The van der Waals surface area contributed by atoms with Crippen molar-refractivity contribution in [1.29, 1.82) is 0 Å². The summed E-state index contributed by atoms with van der Waals surface area (Å²) in [7, 11) is 0. The number of halogens is 2. The monoisotopic (exact) mass is 420 g/mol. The molecule has 0 saturated carbocycles. The standard InChI is InChI=1S/C21H26F2N4O3/c22-21(23)29-17-6-2-1-5-16(17)20-24-18(30-25-20)14-26-11-7-15(8-12-26)13-19(28)27-9-3-4-10-27/h1-2,5-6,15,21H,3-4,7-14H2. The lowest BCUT2D eigenvalue weighted by atomic mass is 9.93. The zero-order valence-corrected chi connectivity index (χ0v) is 16.8. The molecule has 2 aromatic rings. The molecule has 0 radical (unpaired) electrons. The van der Waals surface area contributed by atoms with Gasteiger partial charge in [-0.15, -0.1) is 0 Å². The number of alkyl halides is 2. The Labute approximate surface area is 174 Å². The van der Waals surface area contributed by atoms with Crippen LogP contribution in [0.15, 0.2) is 28.8 Å². The predicted octanol–water partition coefficient (Wildman–Crippen LogP) is 3.56. The summed E-state index contributed by atoms with van der Waals surface area (Å²) in [6.07, 6.45) is 4.81. The number of benzene rings is 1. The Balaban J connectivity index is 1.29. The summed E-state index contributed by atoms with van der Waals surface area (Å²) in [6.45, 7) is 1.11. The quantitative estimate of drug-likeness (QED) is 0.682. The van der Waals surface area contributed by atoms with Crippen molar-refractivity contribution in [3.05, 3.63) is 30.2 Å². The molecular weight excluding hydrogens is 394 g/mol. The van der Waals surface area contributed by atoms with Gasteiger partial charge in [0.05, 0.1) is 12.1 Å². The summed E-state index contributed by atoms with van der Waals surface area (Å²) in [5.74, 6) is 1.39. The van der Waals surface area contributed by atoms with E-state index in [4.69, 9.17) is 4.52 Å². The van der Waals surface area contributed by atoms with Crippen LogP contribution in [0.1, 0.15) is 38.0 Å². The molecule has 2 aliphatic rings. The van der Waals surface area contributed by atoms with Gasteiger partial charge >= 0.3 is 6.61 Å². The van der Waals surface area contributed by atoms with E-state index >= 15 is 0 Å². The van der Waals surface area contributed by atoms with E-state index in [1.54, 1.807) is 18.2 Å². The maximum absolute atomic E-state index is 12.6. The normalized spacial score (nSPS) is 18.3. The van der Waals surface area contributed by atoms with Gasteiger partial charge in [0.25, 0.3) is 0 Å². The van der Waals surface area contributed by atoms with Gasteiger partial charge in [0, 0.05) is 19.5 Å². The Bertz CT molecular complexity index is 846. The van der Waals surface area contributed by atoms with E-state index in [-0.39, 0.29) is 17.5 Å². The molecule has 1 aromatic carbocycles. The van der Waals surface area contributed by atoms with Gasteiger partial charge in [-0.3, -0.25) is 9.69 Å². The molecule has 1 amide bonds. The van der Waals surface area contributed by atoms with Crippen molar-refractivity contribution in [2.24, 2.45) is 5.92 Å². The van der Waals surface area contributed by atoms with Crippen molar-refractivity contribution in [2.45, 2.75) is 45.3 Å². The first-order valence-corrected chi connectivity index (χ1v) is 10.5. The van der Waals surface area contributed by atoms with Crippen LogP contribution in [0.3, 0.4) is 0 Å². The second-order valence-corrected chi connectivity index (χ2v) is 7.90. The summed E-state index contributed by atoms with van der Waals surface area (Å²) >= 11 is 0. The average molecular weight is 420 g/mol. The predicted molar refractivity (Wildman–Crippen MR) is 105 cm³/mol. The smallest absolute Gasteiger partial charge is 0.387 e. The van der Waals surface area contributed by atoms with Crippen molar-refractivity contribution in [1.82, 2.24) is 19.9 Å². The van der Waals surface area contributed by atoms with Crippen molar-refractivity contribution in [3.63, 3.8) is 0 Å². The first-order chi connectivity index (χ1) is 14.6. The minimum absolute atomic E-state index is 0.0170. The third-order valence-electron chi connectivity index (χ3n) is 5.80. The van der Waals surface area contributed by atoms with Gasteiger partial charge in [-0.25, -0.2) is 0 Å². The van der Waals surface area contributed by atoms with E-state index in [9.17, 15) is 13.6 Å². The van der Waals surface area contributed by atoms with Gasteiger partial charge in [0.1, 0.15) is 5.75 Å². The number of rotatable bonds is 7. The Kier molecular flexibility index (Phi) is 6.56. The number of amides is 1. The molecule has 0 atom stereocenters. The van der Waals surface area contributed by atoms with Gasteiger partial charge in [0.2, 0.25) is 17.6 Å². The number of ether oxygens (including phenoxy) is 1. The zero-order chi connectivity index (χ0) is 20.9. The molecule has 0 spiro atoms. The molecule has 30 heavy (non-hydrogen) atoms. The van der Waals surface area contributed by atoms with Crippen molar-refractivity contribution < 1.29 is 22.8 Å². The molecule has 1 aromatic heterocycles. The van der Waals surface area contributed by atoms with E-state index < -0.39 is 6.61 Å². The highest BCUT2D eigenvalue weighted by Gasteiger charge is 2.26. The van der Waals surface area contributed by atoms with Crippen LogP contribution in [0.25, 0.3) is 11.4 Å². The number of aromatic nitrogens is 2. The Morgan fingerprint density at radius 3 is 2.63 bits per heavy atom. The maximum atomic E-state index is 12.6. The molecule has 7 nitrogen and oxygen atoms in total. The minimum Gasteiger partial charge on any atom is -0.434 e. The van der Waals surface area contributed by atoms with Crippen LogP contribution in [0.4, 0.5) is 8.78 Å². The molecule has 0 unspecified atom stereocenters. The van der Waals surface area contributed by atoms with Gasteiger partial charge in [0.15, 0.2) is 0 Å². The molecule has 9 heteroatoms. The first kappa shape index (κ1) is 20.7. The molecule has 0 N–H and O–H groups in total. The first-order valence-electron chi connectivity index (χ1n) is 10.5. The van der Waals surface area contributed by atoms with Crippen LogP contribution < -0.4 is 4.74 Å². The molecule has 2 aliphatic heterocycles. The van der Waals surface area contributed by atoms with Gasteiger partial charge in [-0.05, 0) is 56.8 Å². The largest absolute Gasteiger partial charge is 0.434 e.